The highest BCUT2D eigenvalue weighted by atomic mass is 35.5. The van der Waals surface area contributed by atoms with Crippen molar-refractivity contribution in [3.05, 3.63) is 81.4 Å². The third-order valence-corrected chi connectivity index (χ3v) is 5.38. The molecular formula is C22H19ClFN3O2. The van der Waals surface area contributed by atoms with Crippen LogP contribution < -0.4 is 10.9 Å². The molecule has 5 nitrogen and oxygen atoms in total. The monoisotopic (exact) mass is 411 g/mol. The Labute approximate surface area is 172 Å². The fourth-order valence-electron chi connectivity index (χ4n) is 3.23. The van der Waals surface area contributed by atoms with Crippen molar-refractivity contribution in [2.24, 2.45) is 5.92 Å². The summed E-state index contributed by atoms with van der Waals surface area (Å²) in [5.74, 6) is -0.490. The number of amides is 1. The molecule has 0 atom stereocenters. The van der Waals surface area contributed by atoms with Crippen LogP contribution in [-0.2, 0) is 0 Å². The summed E-state index contributed by atoms with van der Waals surface area (Å²) in [5, 5.41) is 7.77. The van der Waals surface area contributed by atoms with Crippen molar-refractivity contribution in [1.29, 1.82) is 0 Å². The second-order valence-electron chi connectivity index (χ2n) is 7.15. The Hall–Kier alpha value is -2.99. The first-order valence-corrected chi connectivity index (χ1v) is 9.83. The van der Waals surface area contributed by atoms with Gasteiger partial charge in [-0.15, -0.1) is 0 Å². The summed E-state index contributed by atoms with van der Waals surface area (Å²) in [6.07, 6.45) is 3.34. The van der Waals surface area contributed by atoms with Gasteiger partial charge in [-0.1, -0.05) is 36.2 Å². The van der Waals surface area contributed by atoms with Crippen molar-refractivity contribution in [2.75, 3.05) is 6.54 Å². The molecule has 1 heterocycles. The summed E-state index contributed by atoms with van der Waals surface area (Å²) >= 11 is 5.96. The Kier molecular flexibility index (Phi) is 5.45. The number of hydrogen-bond acceptors (Lipinski definition) is 3. The van der Waals surface area contributed by atoms with Crippen LogP contribution in [0.4, 0.5) is 4.39 Å². The van der Waals surface area contributed by atoms with Crippen LogP contribution in [0.3, 0.4) is 0 Å². The van der Waals surface area contributed by atoms with Crippen molar-refractivity contribution in [3.8, 4) is 16.9 Å². The second-order valence-corrected chi connectivity index (χ2v) is 7.59. The van der Waals surface area contributed by atoms with Gasteiger partial charge in [-0.3, -0.25) is 9.59 Å². The Morgan fingerprint density at radius 1 is 1.17 bits per heavy atom. The topological polar surface area (TPSA) is 64.0 Å². The molecule has 29 heavy (non-hydrogen) atoms. The first kappa shape index (κ1) is 19.3. The number of aromatic nitrogens is 2. The predicted molar refractivity (Wildman–Crippen MR) is 110 cm³/mol. The third kappa shape index (κ3) is 4.22. The standard InChI is InChI=1S/C22H19ClFN3O2/c23-16-9-7-15(8-10-16)20-12-19(21(28)25-13-14-3-1-4-14)22(29)27(26-20)18-6-2-5-17(24)11-18/h2,5-12,14H,1,3-4,13H2,(H,25,28). The summed E-state index contributed by atoms with van der Waals surface area (Å²) < 4.78 is 14.8. The number of hydrogen-bond donors (Lipinski definition) is 1. The lowest BCUT2D eigenvalue weighted by Gasteiger charge is -2.25. The molecule has 0 bridgehead atoms. The van der Waals surface area contributed by atoms with E-state index in [9.17, 15) is 14.0 Å². The third-order valence-electron chi connectivity index (χ3n) is 5.12. The molecule has 4 rings (SSSR count). The van der Waals surface area contributed by atoms with E-state index < -0.39 is 17.3 Å². The number of nitrogens with one attached hydrogen (secondary N) is 1. The molecule has 1 amide bonds. The van der Waals surface area contributed by atoms with E-state index in [2.05, 4.69) is 10.4 Å². The van der Waals surface area contributed by atoms with E-state index in [1.165, 1.54) is 30.7 Å². The summed E-state index contributed by atoms with van der Waals surface area (Å²) in [7, 11) is 0. The lowest BCUT2D eigenvalue weighted by molar-refractivity contribution is 0.0937. The van der Waals surface area contributed by atoms with Gasteiger partial charge >= 0.3 is 0 Å². The number of carbonyl (C=O) groups excluding carboxylic acids is 1. The highest BCUT2D eigenvalue weighted by molar-refractivity contribution is 6.30. The Bertz CT molecular complexity index is 1110. The molecule has 3 aromatic rings. The molecular weight excluding hydrogens is 393 g/mol. The van der Waals surface area contributed by atoms with Crippen molar-refractivity contribution in [1.82, 2.24) is 15.1 Å². The molecule has 148 valence electrons. The van der Waals surface area contributed by atoms with Crippen molar-refractivity contribution in [2.45, 2.75) is 19.3 Å². The molecule has 1 aliphatic rings. The molecule has 0 aliphatic heterocycles. The van der Waals surface area contributed by atoms with Crippen LogP contribution in [0.25, 0.3) is 16.9 Å². The zero-order valence-electron chi connectivity index (χ0n) is 15.6. The highest BCUT2D eigenvalue weighted by Crippen LogP contribution is 2.25. The maximum atomic E-state index is 13.7. The van der Waals surface area contributed by atoms with Gasteiger partial charge in [0.05, 0.1) is 11.4 Å². The van der Waals surface area contributed by atoms with Crippen LogP contribution >= 0.6 is 11.6 Å². The normalized spacial score (nSPS) is 13.7. The van der Waals surface area contributed by atoms with Gasteiger partial charge in [0.2, 0.25) is 0 Å². The van der Waals surface area contributed by atoms with Crippen LogP contribution in [0.1, 0.15) is 29.6 Å². The van der Waals surface area contributed by atoms with Gasteiger partial charge in [0.1, 0.15) is 11.4 Å². The zero-order chi connectivity index (χ0) is 20.4. The Morgan fingerprint density at radius 2 is 1.93 bits per heavy atom. The lowest BCUT2D eigenvalue weighted by atomic mass is 9.85. The van der Waals surface area contributed by atoms with Crippen molar-refractivity contribution >= 4 is 17.5 Å². The quantitative estimate of drug-likeness (QED) is 0.683. The van der Waals surface area contributed by atoms with Crippen LogP contribution in [0.15, 0.2) is 59.4 Å². The maximum absolute atomic E-state index is 13.7. The smallest absolute Gasteiger partial charge is 0.284 e. The number of halogens is 2. The molecule has 7 heteroatoms. The molecule has 0 spiro atoms. The van der Waals surface area contributed by atoms with Gasteiger partial charge in [-0.05, 0) is 55.2 Å². The molecule has 0 saturated heterocycles. The first-order chi connectivity index (χ1) is 14.0. The SMILES string of the molecule is O=C(NCC1CCC1)c1cc(-c2ccc(Cl)cc2)nn(-c2cccc(F)c2)c1=O. The van der Waals surface area contributed by atoms with E-state index in [-0.39, 0.29) is 11.3 Å². The Morgan fingerprint density at radius 3 is 2.59 bits per heavy atom. The lowest BCUT2D eigenvalue weighted by Crippen LogP contribution is -2.37. The molecule has 1 fully saturated rings. The van der Waals surface area contributed by atoms with E-state index in [4.69, 9.17) is 11.6 Å². The molecule has 0 unspecified atom stereocenters. The van der Waals surface area contributed by atoms with Gasteiger partial charge in [0.25, 0.3) is 11.5 Å². The molecule has 1 aromatic heterocycles. The molecule has 2 aromatic carbocycles. The fourth-order valence-corrected chi connectivity index (χ4v) is 3.36. The highest BCUT2D eigenvalue weighted by Gasteiger charge is 2.21. The Balaban J connectivity index is 1.79. The second kappa shape index (κ2) is 8.17. The number of benzene rings is 2. The van der Waals surface area contributed by atoms with E-state index in [0.717, 1.165) is 17.5 Å². The zero-order valence-corrected chi connectivity index (χ0v) is 16.3. The molecule has 0 radical (unpaired) electrons. The molecule has 1 aliphatic carbocycles. The van der Waals surface area contributed by atoms with E-state index in [1.54, 1.807) is 30.3 Å². The maximum Gasteiger partial charge on any atom is 0.284 e. The van der Waals surface area contributed by atoms with Crippen LogP contribution in [-0.4, -0.2) is 22.2 Å². The number of nitrogens with zero attached hydrogens (tertiary/aromatic N) is 2. The summed E-state index contributed by atoms with van der Waals surface area (Å²) in [4.78, 5) is 25.7. The first-order valence-electron chi connectivity index (χ1n) is 9.46. The fraction of sp³-hybridized carbons (Fsp3) is 0.227. The largest absolute Gasteiger partial charge is 0.352 e. The van der Waals surface area contributed by atoms with Crippen molar-refractivity contribution < 1.29 is 9.18 Å². The van der Waals surface area contributed by atoms with Gasteiger partial charge < -0.3 is 5.32 Å². The van der Waals surface area contributed by atoms with Gasteiger partial charge in [-0.25, -0.2) is 4.39 Å². The average molecular weight is 412 g/mol. The average Bonchev–Trinajstić information content (AvgIpc) is 2.67. The van der Waals surface area contributed by atoms with E-state index >= 15 is 0 Å². The molecule has 1 saturated carbocycles. The van der Waals surface area contributed by atoms with Crippen LogP contribution in [0.5, 0.6) is 0 Å². The van der Waals surface area contributed by atoms with Crippen LogP contribution in [0, 0.1) is 11.7 Å². The van der Waals surface area contributed by atoms with E-state index in [1.807, 2.05) is 0 Å². The number of rotatable bonds is 5. The summed E-state index contributed by atoms with van der Waals surface area (Å²) in [6.45, 7) is 0.539. The van der Waals surface area contributed by atoms with Gasteiger partial charge in [-0.2, -0.15) is 9.78 Å². The predicted octanol–water partition coefficient (Wildman–Crippen LogP) is 4.22. The van der Waals surface area contributed by atoms with Gasteiger partial charge in [0.15, 0.2) is 0 Å². The van der Waals surface area contributed by atoms with Crippen LogP contribution in [0.2, 0.25) is 5.02 Å². The summed E-state index contributed by atoms with van der Waals surface area (Å²) in [5.41, 5.74) is 0.721. The summed E-state index contributed by atoms with van der Waals surface area (Å²) in [6, 6.07) is 13.9. The minimum Gasteiger partial charge on any atom is -0.352 e. The van der Waals surface area contributed by atoms with Crippen molar-refractivity contribution in [3.63, 3.8) is 0 Å². The number of carbonyl (C=O) groups is 1. The minimum absolute atomic E-state index is 0.0338. The molecule has 1 N–H and O–H groups in total. The van der Waals surface area contributed by atoms with Gasteiger partial charge in [0, 0.05) is 17.1 Å². The van der Waals surface area contributed by atoms with E-state index in [0.29, 0.717) is 28.7 Å². The minimum atomic E-state index is -0.598.